The maximum atomic E-state index is 9.27. The molecule has 3 aromatic heterocycles. The standard InChI is InChI=1S/C63H40N4O/c1-3-18-41(19-4-1)47-38-48(42-20-5-2-6-21-42)40-49(39-47)43-22-15-24-45(36-43)61-64-62(46-25-16-23-44(37-46)50-30-17-31-54-53-28-10-14-35-59(53)68-60(50)54)66-63(65-61)55-29-9-13-34-58(55)67-56-32-11-7-26-51(56)52-27-8-12-33-57(52)67/h1-40H/i7D,8D,11D,26D,27D,32D,33D. The summed E-state index contributed by atoms with van der Waals surface area (Å²) in [6.07, 6.45) is 0. The van der Waals surface area contributed by atoms with E-state index in [-0.39, 0.29) is 57.8 Å². The van der Waals surface area contributed by atoms with Gasteiger partial charge in [0.25, 0.3) is 0 Å². The minimum absolute atomic E-state index is 0.0512. The lowest BCUT2D eigenvalue weighted by Gasteiger charge is -2.15. The molecule has 0 aliphatic heterocycles. The SMILES string of the molecule is [2H]c1cc([2H])c2c(c1[2H])c1c([2H])c([2H])c([2H])c([2H])c1n2-c1ccccc1-c1nc(-c2cccc(-c3cc(-c4ccccc4)cc(-c4ccccc4)c3)c2)nc(-c2cccc(-c3cccc4c3oc3ccccc34)c2)n1. The van der Waals surface area contributed by atoms with Crippen molar-refractivity contribution in [3.05, 3.63) is 242 Å². The van der Waals surface area contributed by atoms with Crippen LogP contribution in [0.1, 0.15) is 9.60 Å². The van der Waals surface area contributed by atoms with Crippen molar-refractivity contribution in [1.29, 1.82) is 0 Å². The third kappa shape index (κ3) is 6.84. The van der Waals surface area contributed by atoms with Crippen LogP contribution in [0.4, 0.5) is 0 Å². The van der Waals surface area contributed by atoms with E-state index >= 15 is 0 Å². The Morgan fingerprint density at radius 2 is 0.838 bits per heavy atom. The van der Waals surface area contributed by atoms with Gasteiger partial charge in [-0.05, 0) is 99.6 Å². The first-order valence-electron chi connectivity index (χ1n) is 25.8. The molecule has 0 amide bonds. The molecule has 3 heterocycles. The van der Waals surface area contributed by atoms with Crippen molar-refractivity contribution in [3.8, 4) is 84.4 Å². The molecule has 0 saturated heterocycles. The largest absolute Gasteiger partial charge is 0.455 e. The van der Waals surface area contributed by atoms with Gasteiger partial charge < -0.3 is 8.98 Å². The van der Waals surface area contributed by atoms with Gasteiger partial charge in [0, 0.05) is 43.8 Å². The van der Waals surface area contributed by atoms with E-state index in [1.165, 1.54) is 6.07 Å². The van der Waals surface area contributed by atoms with Crippen LogP contribution in [0.3, 0.4) is 0 Å². The fourth-order valence-corrected chi connectivity index (χ4v) is 9.35. The molecule has 13 rings (SSSR count). The minimum atomic E-state index is -0.475. The molecule has 0 N–H and O–H groups in total. The molecule has 0 unspecified atom stereocenters. The van der Waals surface area contributed by atoms with Crippen LogP contribution in [0, 0.1) is 0 Å². The number of benzene rings is 10. The van der Waals surface area contributed by atoms with E-state index in [1.54, 1.807) is 16.7 Å². The summed E-state index contributed by atoms with van der Waals surface area (Å²) in [7, 11) is 0. The zero-order valence-electron chi connectivity index (χ0n) is 43.2. The van der Waals surface area contributed by atoms with Gasteiger partial charge in [0.15, 0.2) is 17.5 Å². The van der Waals surface area contributed by atoms with Crippen molar-refractivity contribution in [2.24, 2.45) is 0 Å². The molecular weight excluding hydrogens is 829 g/mol. The Morgan fingerprint density at radius 1 is 0.338 bits per heavy atom. The highest BCUT2D eigenvalue weighted by atomic mass is 16.3. The molecular formula is C63H40N4O. The molecule has 5 nitrogen and oxygen atoms in total. The fraction of sp³-hybridized carbons (Fsp3) is 0. The highest BCUT2D eigenvalue weighted by molar-refractivity contribution is 6.10. The Kier molecular flexibility index (Phi) is 7.81. The van der Waals surface area contributed by atoms with Gasteiger partial charge in [0.1, 0.15) is 11.2 Å². The smallest absolute Gasteiger partial charge is 0.166 e. The highest BCUT2D eigenvalue weighted by Gasteiger charge is 2.20. The van der Waals surface area contributed by atoms with E-state index in [9.17, 15) is 2.74 Å². The summed E-state index contributed by atoms with van der Waals surface area (Å²) in [5.41, 5.74) is 12.1. The lowest BCUT2D eigenvalue weighted by Crippen LogP contribution is -2.03. The lowest BCUT2D eigenvalue weighted by molar-refractivity contribution is 0.670. The zero-order chi connectivity index (χ0) is 51.1. The molecule has 0 saturated carbocycles. The monoisotopic (exact) mass is 875 g/mol. The van der Waals surface area contributed by atoms with E-state index in [0.29, 0.717) is 34.0 Å². The van der Waals surface area contributed by atoms with Crippen LogP contribution in [0.2, 0.25) is 0 Å². The molecule has 13 aromatic rings. The minimum Gasteiger partial charge on any atom is -0.455 e. The number of nitrogens with zero attached hydrogens (tertiary/aromatic N) is 4. The van der Waals surface area contributed by atoms with E-state index in [4.69, 9.17) is 26.2 Å². The molecule has 0 atom stereocenters. The summed E-state index contributed by atoms with van der Waals surface area (Å²) in [5, 5.41) is 2.16. The van der Waals surface area contributed by atoms with E-state index in [2.05, 4.69) is 66.7 Å². The summed E-state index contributed by atoms with van der Waals surface area (Å²) in [4.78, 5) is 15.7. The molecule has 68 heavy (non-hydrogen) atoms. The van der Waals surface area contributed by atoms with Crippen molar-refractivity contribution in [3.63, 3.8) is 0 Å². The third-order valence-electron chi connectivity index (χ3n) is 12.5. The van der Waals surface area contributed by atoms with E-state index < -0.39 is 12.1 Å². The average Bonchev–Trinajstić information content (AvgIpc) is 4.04. The number of rotatable bonds is 8. The average molecular weight is 876 g/mol. The lowest BCUT2D eigenvalue weighted by atomic mass is 9.93. The van der Waals surface area contributed by atoms with Crippen LogP contribution in [0.25, 0.3) is 128 Å². The topological polar surface area (TPSA) is 56.7 Å². The molecule has 318 valence electrons. The van der Waals surface area contributed by atoms with E-state index in [1.807, 2.05) is 115 Å². The van der Waals surface area contributed by atoms with Gasteiger partial charge >= 0.3 is 0 Å². The van der Waals surface area contributed by atoms with Gasteiger partial charge in [-0.25, -0.2) is 15.0 Å². The quantitative estimate of drug-likeness (QED) is 0.153. The normalized spacial score (nSPS) is 13.0. The maximum Gasteiger partial charge on any atom is 0.166 e. The number of hydrogen-bond acceptors (Lipinski definition) is 4. The Morgan fingerprint density at radius 3 is 1.59 bits per heavy atom. The second-order valence-corrected chi connectivity index (χ2v) is 16.6. The Labute approximate surface area is 402 Å². The molecule has 0 fully saturated rings. The van der Waals surface area contributed by atoms with Crippen LogP contribution in [0.5, 0.6) is 0 Å². The Bertz CT molecular complexity index is 4400. The van der Waals surface area contributed by atoms with Crippen LogP contribution in [-0.2, 0) is 0 Å². The number of aromatic nitrogens is 4. The Hall–Kier alpha value is -9.19. The Balaban J connectivity index is 1.04. The van der Waals surface area contributed by atoms with Crippen LogP contribution < -0.4 is 0 Å². The summed E-state index contributed by atoms with van der Waals surface area (Å²) in [6, 6.07) is 63.8. The van der Waals surface area contributed by atoms with Gasteiger partial charge in [-0.2, -0.15) is 0 Å². The molecule has 0 aliphatic rings. The summed E-state index contributed by atoms with van der Waals surface area (Å²) in [6.45, 7) is 0. The highest BCUT2D eigenvalue weighted by Crippen LogP contribution is 2.40. The predicted octanol–water partition coefficient (Wildman–Crippen LogP) is 16.5. The summed E-state index contributed by atoms with van der Waals surface area (Å²) in [5.74, 6) is 0.990. The van der Waals surface area contributed by atoms with Crippen molar-refractivity contribution >= 4 is 43.7 Å². The number of para-hydroxylation sites is 5. The second-order valence-electron chi connectivity index (χ2n) is 16.6. The van der Waals surface area contributed by atoms with Gasteiger partial charge in [-0.1, -0.05) is 182 Å². The molecule has 0 aliphatic carbocycles. The summed E-state index contributed by atoms with van der Waals surface area (Å²) >= 11 is 0. The van der Waals surface area contributed by atoms with Crippen LogP contribution >= 0.6 is 0 Å². The zero-order valence-corrected chi connectivity index (χ0v) is 36.2. The molecule has 10 aromatic carbocycles. The van der Waals surface area contributed by atoms with Gasteiger partial charge in [-0.15, -0.1) is 0 Å². The third-order valence-corrected chi connectivity index (χ3v) is 12.5. The molecule has 0 bridgehead atoms. The predicted molar refractivity (Wildman–Crippen MR) is 279 cm³/mol. The van der Waals surface area contributed by atoms with Gasteiger partial charge in [0.2, 0.25) is 0 Å². The first kappa shape index (κ1) is 32.5. The molecule has 0 radical (unpaired) electrons. The van der Waals surface area contributed by atoms with Crippen LogP contribution in [0.15, 0.2) is 247 Å². The van der Waals surface area contributed by atoms with Crippen LogP contribution in [-0.4, -0.2) is 19.5 Å². The van der Waals surface area contributed by atoms with Gasteiger partial charge in [-0.3, -0.25) is 0 Å². The van der Waals surface area contributed by atoms with Crippen molar-refractivity contribution < 1.29 is 14.0 Å². The summed E-state index contributed by atoms with van der Waals surface area (Å²) < 4.78 is 70.8. The van der Waals surface area contributed by atoms with Crippen molar-refractivity contribution in [2.45, 2.75) is 0 Å². The van der Waals surface area contributed by atoms with E-state index in [0.717, 1.165) is 66.4 Å². The van der Waals surface area contributed by atoms with Crippen molar-refractivity contribution in [1.82, 2.24) is 19.5 Å². The molecule has 5 heteroatoms. The number of fused-ring (bicyclic) bond motifs is 6. The first-order chi connectivity index (χ1) is 36.6. The number of hydrogen-bond donors (Lipinski definition) is 0. The maximum absolute atomic E-state index is 9.27. The second kappa shape index (κ2) is 16.4. The number of furan rings is 1. The first-order valence-corrected chi connectivity index (χ1v) is 22.3. The fourth-order valence-electron chi connectivity index (χ4n) is 9.35. The molecule has 0 spiro atoms. The van der Waals surface area contributed by atoms with Crippen molar-refractivity contribution in [2.75, 3.05) is 0 Å². The van der Waals surface area contributed by atoms with Gasteiger partial charge in [0.05, 0.1) is 26.3 Å².